The Hall–Kier alpha value is -0.810. The normalized spacial score (nSPS) is 23.4. The zero-order valence-electron chi connectivity index (χ0n) is 15.6. The number of hydrogen-bond acceptors (Lipinski definition) is 4. The van der Waals surface area contributed by atoms with Gasteiger partial charge in [-0.3, -0.25) is 0 Å². The first-order valence-corrected chi connectivity index (χ1v) is 8.20. The minimum atomic E-state index is -0.444. The fourth-order valence-electron chi connectivity index (χ4n) is 2.90. The van der Waals surface area contributed by atoms with E-state index >= 15 is 0 Å². The summed E-state index contributed by atoms with van der Waals surface area (Å²) in [6, 6.07) is 0.342. The van der Waals surface area contributed by atoms with Gasteiger partial charge in [-0.05, 0) is 67.9 Å². The minimum absolute atomic E-state index is 0.0749. The first-order chi connectivity index (χ1) is 9.82. The predicted molar refractivity (Wildman–Crippen MR) is 89.1 cm³/mol. The standard InChI is InChI=1S/C17H34N2O3/c1-15(2,3)21-14(20)19(8)11-9-10-18-13-12-16(4,5)22-17(13,6)7/h13,18H,9-12H2,1-8H3. The van der Waals surface area contributed by atoms with E-state index in [1.807, 2.05) is 20.8 Å². The summed E-state index contributed by atoms with van der Waals surface area (Å²) in [5.41, 5.74) is -0.671. The SMILES string of the molecule is CN(CCCNC1CC(C)(C)OC1(C)C)C(=O)OC(C)(C)C. The number of hydrogen-bond donors (Lipinski definition) is 1. The molecule has 130 valence electrons. The van der Waals surface area contributed by atoms with Gasteiger partial charge >= 0.3 is 6.09 Å². The van der Waals surface area contributed by atoms with Crippen molar-refractivity contribution in [2.75, 3.05) is 20.1 Å². The third kappa shape index (κ3) is 6.13. The van der Waals surface area contributed by atoms with Crippen LogP contribution in [0.4, 0.5) is 4.79 Å². The molecular formula is C17H34N2O3. The van der Waals surface area contributed by atoms with Gasteiger partial charge in [0.25, 0.3) is 0 Å². The van der Waals surface area contributed by atoms with Crippen LogP contribution in [0, 0.1) is 0 Å². The summed E-state index contributed by atoms with van der Waals surface area (Å²) in [5, 5.41) is 3.57. The summed E-state index contributed by atoms with van der Waals surface area (Å²) in [6.45, 7) is 15.7. The summed E-state index contributed by atoms with van der Waals surface area (Å²) in [5.74, 6) is 0. The van der Waals surface area contributed by atoms with Crippen LogP contribution in [-0.2, 0) is 9.47 Å². The lowest BCUT2D eigenvalue weighted by molar-refractivity contribution is -0.0698. The van der Waals surface area contributed by atoms with Crippen molar-refractivity contribution in [2.45, 2.75) is 84.2 Å². The van der Waals surface area contributed by atoms with E-state index in [0.29, 0.717) is 12.6 Å². The Kier molecular flexibility index (Phi) is 5.90. The maximum Gasteiger partial charge on any atom is 0.410 e. The fourth-order valence-corrected chi connectivity index (χ4v) is 2.90. The van der Waals surface area contributed by atoms with Gasteiger partial charge in [0, 0.05) is 19.6 Å². The fraction of sp³-hybridized carbons (Fsp3) is 0.941. The molecule has 0 bridgehead atoms. The highest BCUT2D eigenvalue weighted by molar-refractivity contribution is 5.67. The minimum Gasteiger partial charge on any atom is -0.444 e. The van der Waals surface area contributed by atoms with E-state index in [4.69, 9.17) is 9.47 Å². The lowest BCUT2D eigenvalue weighted by Crippen LogP contribution is -2.44. The molecule has 1 aliphatic heterocycles. The zero-order chi connectivity index (χ0) is 17.2. The third-order valence-corrected chi connectivity index (χ3v) is 3.84. The van der Waals surface area contributed by atoms with Crippen LogP contribution in [0.3, 0.4) is 0 Å². The van der Waals surface area contributed by atoms with Crippen molar-refractivity contribution in [3.05, 3.63) is 0 Å². The summed E-state index contributed by atoms with van der Waals surface area (Å²) in [7, 11) is 1.78. The van der Waals surface area contributed by atoms with Gasteiger partial charge in [0.15, 0.2) is 0 Å². The highest BCUT2D eigenvalue weighted by Gasteiger charge is 2.45. The Balaban J connectivity index is 2.29. The molecule has 1 aliphatic rings. The summed E-state index contributed by atoms with van der Waals surface area (Å²) in [4.78, 5) is 13.5. The van der Waals surface area contributed by atoms with E-state index in [1.165, 1.54) is 0 Å². The Morgan fingerprint density at radius 1 is 1.32 bits per heavy atom. The van der Waals surface area contributed by atoms with Crippen molar-refractivity contribution in [3.8, 4) is 0 Å². The van der Waals surface area contributed by atoms with Gasteiger partial charge in [-0.2, -0.15) is 0 Å². The van der Waals surface area contributed by atoms with Gasteiger partial charge in [0.1, 0.15) is 5.60 Å². The van der Waals surface area contributed by atoms with Crippen LogP contribution < -0.4 is 5.32 Å². The predicted octanol–water partition coefficient (Wildman–Crippen LogP) is 3.18. The van der Waals surface area contributed by atoms with E-state index in [2.05, 4.69) is 33.0 Å². The third-order valence-electron chi connectivity index (χ3n) is 3.84. The molecule has 0 radical (unpaired) electrons. The second kappa shape index (κ2) is 6.75. The zero-order valence-corrected chi connectivity index (χ0v) is 15.6. The van der Waals surface area contributed by atoms with Crippen molar-refractivity contribution in [2.24, 2.45) is 0 Å². The van der Waals surface area contributed by atoms with Gasteiger partial charge in [-0.15, -0.1) is 0 Å². The monoisotopic (exact) mass is 314 g/mol. The smallest absolute Gasteiger partial charge is 0.410 e. The second-order valence-electron chi connectivity index (χ2n) is 8.43. The molecule has 22 heavy (non-hydrogen) atoms. The van der Waals surface area contributed by atoms with Crippen LogP contribution in [0.15, 0.2) is 0 Å². The topological polar surface area (TPSA) is 50.8 Å². The molecule has 0 spiro atoms. The van der Waals surface area contributed by atoms with Crippen LogP contribution >= 0.6 is 0 Å². The average Bonchev–Trinajstić information content (AvgIpc) is 2.49. The van der Waals surface area contributed by atoms with Gasteiger partial charge in [-0.25, -0.2) is 4.79 Å². The highest BCUT2D eigenvalue weighted by Crippen LogP contribution is 2.37. The Morgan fingerprint density at radius 2 is 1.91 bits per heavy atom. The average molecular weight is 314 g/mol. The van der Waals surface area contributed by atoms with Gasteiger partial charge < -0.3 is 19.7 Å². The van der Waals surface area contributed by atoms with Crippen LogP contribution in [0.25, 0.3) is 0 Å². The second-order valence-corrected chi connectivity index (χ2v) is 8.43. The maximum atomic E-state index is 11.9. The van der Waals surface area contributed by atoms with E-state index in [9.17, 15) is 4.79 Å². The molecule has 0 aromatic heterocycles. The lowest BCUT2D eigenvalue weighted by Gasteiger charge is -2.28. The highest BCUT2D eigenvalue weighted by atomic mass is 16.6. The summed E-state index contributed by atoms with van der Waals surface area (Å²) < 4.78 is 11.4. The Labute approximate surface area is 135 Å². The quantitative estimate of drug-likeness (QED) is 0.792. The van der Waals surface area contributed by atoms with Crippen molar-refractivity contribution < 1.29 is 14.3 Å². The first kappa shape index (κ1) is 19.2. The summed E-state index contributed by atoms with van der Waals surface area (Å²) >= 11 is 0. The number of carbonyl (C=O) groups is 1. The van der Waals surface area contributed by atoms with E-state index in [1.54, 1.807) is 11.9 Å². The van der Waals surface area contributed by atoms with E-state index in [0.717, 1.165) is 19.4 Å². The molecule has 1 atom stereocenters. The molecule has 0 aromatic carbocycles. The lowest BCUT2D eigenvalue weighted by atomic mass is 9.94. The molecule has 5 nitrogen and oxygen atoms in total. The van der Waals surface area contributed by atoms with Gasteiger partial charge in [0.05, 0.1) is 11.2 Å². The van der Waals surface area contributed by atoms with Crippen molar-refractivity contribution >= 4 is 6.09 Å². The van der Waals surface area contributed by atoms with E-state index < -0.39 is 5.60 Å². The van der Waals surface area contributed by atoms with Gasteiger partial charge in [-0.1, -0.05) is 0 Å². The number of carbonyl (C=O) groups excluding carboxylic acids is 1. The van der Waals surface area contributed by atoms with E-state index in [-0.39, 0.29) is 17.3 Å². The van der Waals surface area contributed by atoms with Crippen molar-refractivity contribution in [3.63, 3.8) is 0 Å². The van der Waals surface area contributed by atoms with Crippen molar-refractivity contribution in [1.82, 2.24) is 10.2 Å². The molecule has 1 heterocycles. The number of rotatable bonds is 5. The number of nitrogens with one attached hydrogen (secondary N) is 1. The largest absolute Gasteiger partial charge is 0.444 e. The van der Waals surface area contributed by atoms with Crippen LogP contribution in [0.1, 0.15) is 61.3 Å². The summed E-state index contributed by atoms with van der Waals surface area (Å²) in [6.07, 6.45) is 1.63. The molecule has 0 saturated carbocycles. The Morgan fingerprint density at radius 3 is 2.36 bits per heavy atom. The molecule has 1 fully saturated rings. The molecule has 5 heteroatoms. The van der Waals surface area contributed by atoms with Gasteiger partial charge in [0.2, 0.25) is 0 Å². The molecule has 0 aliphatic carbocycles. The molecule has 1 rings (SSSR count). The van der Waals surface area contributed by atoms with Crippen LogP contribution in [0.5, 0.6) is 0 Å². The molecular weight excluding hydrogens is 280 g/mol. The van der Waals surface area contributed by atoms with Crippen LogP contribution in [0.2, 0.25) is 0 Å². The molecule has 1 amide bonds. The maximum absolute atomic E-state index is 11.9. The number of nitrogens with zero attached hydrogens (tertiary/aromatic N) is 1. The molecule has 1 unspecified atom stereocenters. The molecule has 1 saturated heterocycles. The number of amides is 1. The van der Waals surface area contributed by atoms with Crippen molar-refractivity contribution in [1.29, 1.82) is 0 Å². The Bertz CT molecular complexity index is 386. The molecule has 0 aromatic rings. The molecule has 1 N–H and O–H groups in total. The first-order valence-electron chi connectivity index (χ1n) is 8.20. The number of ether oxygens (including phenoxy) is 2. The van der Waals surface area contributed by atoms with Crippen LogP contribution in [-0.4, -0.2) is 54.0 Å².